The summed E-state index contributed by atoms with van der Waals surface area (Å²) in [7, 11) is 1.58. The maximum Gasteiger partial charge on any atom is 0.309 e. The monoisotopic (exact) mass is 576 g/mol. The Balaban J connectivity index is 1.53. The lowest BCUT2D eigenvalue weighted by atomic mass is 9.82. The van der Waals surface area contributed by atoms with Crippen LogP contribution in [0.3, 0.4) is 0 Å². The second-order valence-electron chi connectivity index (χ2n) is 11.1. The molecule has 5 rings (SSSR count). The van der Waals surface area contributed by atoms with Gasteiger partial charge in [-0.05, 0) is 79.4 Å². The second-order valence-corrected chi connectivity index (χ2v) is 11.1. The summed E-state index contributed by atoms with van der Waals surface area (Å²) < 4.78 is 30.5. The van der Waals surface area contributed by atoms with Crippen molar-refractivity contribution < 1.29 is 33.3 Å². The summed E-state index contributed by atoms with van der Waals surface area (Å²) in [6, 6.07) is 16.9. The number of carboxylic acid groups (broad SMARTS) is 1. The van der Waals surface area contributed by atoms with Crippen LogP contribution in [-0.2, 0) is 9.59 Å². The van der Waals surface area contributed by atoms with Crippen molar-refractivity contribution in [2.75, 3.05) is 31.9 Å². The summed E-state index contributed by atoms with van der Waals surface area (Å²) in [4.78, 5) is 30.8. The number of anilines is 1. The zero-order valence-corrected chi connectivity index (χ0v) is 24.4. The van der Waals surface area contributed by atoms with Crippen LogP contribution >= 0.6 is 0 Å². The Morgan fingerprint density at radius 3 is 2.45 bits per heavy atom. The molecule has 0 radical (unpaired) electrons. The van der Waals surface area contributed by atoms with Gasteiger partial charge in [-0.1, -0.05) is 31.5 Å². The van der Waals surface area contributed by atoms with Crippen molar-refractivity contribution in [3.05, 3.63) is 83.2 Å². The summed E-state index contributed by atoms with van der Waals surface area (Å²) in [5.41, 5.74) is 2.68. The maximum absolute atomic E-state index is 14.1. The summed E-state index contributed by atoms with van der Waals surface area (Å²) in [5.74, 6) is -0.827. The second kappa shape index (κ2) is 12.4. The van der Waals surface area contributed by atoms with Gasteiger partial charge < -0.3 is 24.2 Å². The summed E-state index contributed by atoms with van der Waals surface area (Å²) in [6.07, 6.45) is 1.64. The molecule has 1 fully saturated rings. The molecule has 42 heavy (non-hydrogen) atoms. The predicted octanol–water partition coefficient (Wildman–Crippen LogP) is 5.93. The first-order chi connectivity index (χ1) is 20.2. The van der Waals surface area contributed by atoms with Crippen LogP contribution in [0.15, 0.2) is 60.7 Å². The number of nitrogens with zero attached hydrogens (tertiary/aromatic N) is 2. The molecule has 2 aliphatic rings. The number of methoxy groups -OCH3 is 1. The van der Waals surface area contributed by atoms with Gasteiger partial charge in [0.05, 0.1) is 19.6 Å². The third kappa shape index (κ3) is 5.79. The number of likely N-dealkylation sites (tertiary alicyclic amines) is 1. The molecule has 0 bridgehead atoms. The van der Waals surface area contributed by atoms with Crippen LogP contribution in [0.5, 0.6) is 17.2 Å². The van der Waals surface area contributed by atoms with Gasteiger partial charge in [0.25, 0.3) is 0 Å². The van der Waals surface area contributed by atoms with Crippen LogP contribution in [-0.4, -0.2) is 54.9 Å². The fourth-order valence-electron chi connectivity index (χ4n) is 6.29. The van der Waals surface area contributed by atoms with Gasteiger partial charge in [0.15, 0.2) is 11.5 Å². The number of rotatable bonds is 10. The minimum absolute atomic E-state index is 0.00793. The van der Waals surface area contributed by atoms with Crippen molar-refractivity contribution in [1.82, 2.24) is 4.90 Å². The average molecular weight is 577 g/mol. The van der Waals surface area contributed by atoms with E-state index in [1.807, 2.05) is 36.1 Å². The number of ether oxygens (including phenoxy) is 3. The lowest BCUT2D eigenvalue weighted by Crippen LogP contribution is -2.45. The molecule has 1 saturated heterocycles. The molecule has 4 atom stereocenters. The molecule has 222 valence electrons. The Hall–Kier alpha value is -4.11. The standard InChI is InChI=1S/C33H37FN2O6/c1-5-6-21(3)36(24-10-13-27(34)20(2)15-24)30(37)18-35-17-26(23-9-14-28-29(16-23)42-19-41-28)31(33(38)39)32(35)22-7-11-25(40-4)12-8-22/h7-16,21,26,31-32H,5-6,17-19H2,1-4H3,(H,38,39)/t21?,26-,31+,32-/m1/s1. The number of benzene rings is 3. The number of carbonyl (C=O) groups is 2. The molecule has 8 nitrogen and oxygen atoms in total. The fraction of sp³-hybridized carbons (Fsp3) is 0.394. The first-order valence-corrected chi connectivity index (χ1v) is 14.3. The van der Waals surface area contributed by atoms with Gasteiger partial charge in [-0.3, -0.25) is 14.5 Å². The number of hydrogen-bond acceptors (Lipinski definition) is 6. The Labute approximate surface area is 245 Å². The number of halogens is 1. The third-order valence-corrected chi connectivity index (χ3v) is 8.34. The van der Waals surface area contributed by atoms with E-state index in [1.165, 1.54) is 6.07 Å². The minimum Gasteiger partial charge on any atom is -0.497 e. The fourth-order valence-corrected chi connectivity index (χ4v) is 6.29. The smallest absolute Gasteiger partial charge is 0.309 e. The molecule has 0 spiro atoms. The first kappa shape index (κ1) is 29.4. The van der Waals surface area contributed by atoms with E-state index in [9.17, 15) is 19.1 Å². The number of amides is 1. The zero-order chi connectivity index (χ0) is 30.0. The van der Waals surface area contributed by atoms with E-state index in [-0.39, 0.29) is 31.1 Å². The van der Waals surface area contributed by atoms with E-state index in [0.29, 0.717) is 35.0 Å². The highest BCUT2D eigenvalue weighted by Crippen LogP contribution is 2.48. The number of aliphatic carboxylic acids is 1. The quantitative estimate of drug-likeness (QED) is 0.320. The van der Waals surface area contributed by atoms with Gasteiger partial charge in [0, 0.05) is 30.2 Å². The highest BCUT2D eigenvalue weighted by Gasteiger charge is 2.48. The largest absolute Gasteiger partial charge is 0.497 e. The number of hydrogen-bond donors (Lipinski definition) is 1. The normalized spacial score (nSPS) is 20.4. The summed E-state index contributed by atoms with van der Waals surface area (Å²) in [6.45, 7) is 6.18. The zero-order valence-electron chi connectivity index (χ0n) is 24.4. The van der Waals surface area contributed by atoms with Gasteiger partial charge >= 0.3 is 5.97 Å². The molecule has 1 unspecified atom stereocenters. The van der Waals surface area contributed by atoms with Crippen LogP contribution in [0.2, 0.25) is 0 Å². The van der Waals surface area contributed by atoms with Crippen molar-refractivity contribution in [3.8, 4) is 17.2 Å². The van der Waals surface area contributed by atoms with Crippen LogP contribution in [0.4, 0.5) is 10.1 Å². The molecular weight excluding hydrogens is 539 g/mol. The van der Waals surface area contributed by atoms with E-state index in [4.69, 9.17) is 14.2 Å². The molecule has 0 aromatic heterocycles. The molecule has 3 aromatic carbocycles. The van der Waals surface area contributed by atoms with Crippen LogP contribution in [0.1, 0.15) is 55.3 Å². The highest BCUT2D eigenvalue weighted by molar-refractivity contribution is 5.95. The van der Waals surface area contributed by atoms with E-state index in [0.717, 1.165) is 24.0 Å². The van der Waals surface area contributed by atoms with Crippen LogP contribution < -0.4 is 19.1 Å². The molecular formula is C33H37FN2O6. The number of aryl methyl sites for hydroxylation is 1. The topological polar surface area (TPSA) is 88.5 Å². The predicted molar refractivity (Wildman–Crippen MR) is 157 cm³/mol. The molecule has 0 saturated carbocycles. The number of fused-ring (bicyclic) bond motifs is 1. The molecule has 1 N–H and O–H groups in total. The lowest BCUT2D eigenvalue weighted by molar-refractivity contribution is -0.143. The minimum atomic E-state index is -0.946. The van der Waals surface area contributed by atoms with Crippen molar-refractivity contribution in [2.45, 2.75) is 51.6 Å². The summed E-state index contributed by atoms with van der Waals surface area (Å²) >= 11 is 0. The van der Waals surface area contributed by atoms with Crippen LogP contribution in [0.25, 0.3) is 0 Å². The first-order valence-electron chi connectivity index (χ1n) is 14.3. The van der Waals surface area contributed by atoms with E-state index in [2.05, 4.69) is 6.92 Å². The number of carbonyl (C=O) groups excluding carboxylic acids is 1. The average Bonchev–Trinajstić information content (AvgIpc) is 3.59. The van der Waals surface area contributed by atoms with Gasteiger partial charge in [0.2, 0.25) is 12.7 Å². The van der Waals surface area contributed by atoms with Crippen molar-refractivity contribution in [2.24, 2.45) is 5.92 Å². The Bertz CT molecular complexity index is 1440. The van der Waals surface area contributed by atoms with Crippen molar-refractivity contribution >= 4 is 17.6 Å². The molecule has 1 amide bonds. The van der Waals surface area contributed by atoms with Gasteiger partial charge in [-0.15, -0.1) is 0 Å². The maximum atomic E-state index is 14.1. The molecule has 9 heteroatoms. The summed E-state index contributed by atoms with van der Waals surface area (Å²) in [5, 5.41) is 10.6. The van der Waals surface area contributed by atoms with E-state index >= 15 is 0 Å². The van der Waals surface area contributed by atoms with Gasteiger partial charge in [0.1, 0.15) is 11.6 Å². The molecule has 3 aromatic rings. The van der Waals surface area contributed by atoms with Crippen molar-refractivity contribution in [3.63, 3.8) is 0 Å². The SMILES string of the molecule is CCCC(C)N(C(=O)CN1C[C@H](c2ccc3c(c2)OCO3)[C@H](C(=O)O)[C@H]1c1ccc(OC)cc1)c1ccc(F)c(C)c1. The lowest BCUT2D eigenvalue weighted by Gasteiger charge is -2.33. The Morgan fingerprint density at radius 1 is 1.07 bits per heavy atom. The number of carboxylic acids is 1. The third-order valence-electron chi connectivity index (χ3n) is 8.34. The van der Waals surface area contributed by atoms with Crippen LogP contribution in [0, 0.1) is 18.7 Å². The van der Waals surface area contributed by atoms with E-state index in [1.54, 1.807) is 49.3 Å². The van der Waals surface area contributed by atoms with E-state index < -0.39 is 23.8 Å². The Kier molecular flexibility index (Phi) is 8.68. The van der Waals surface area contributed by atoms with Gasteiger partial charge in [-0.2, -0.15) is 0 Å². The molecule has 2 aliphatic heterocycles. The Morgan fingerprint density at radius 2 is 1.79 bits per heavy atom. The highest BCUT2D eigenvalue weighted by atomic mass is 19.1. The van der Waals surface area contributed by atoms with Crippen molar-refractivity contribution in [1.29, 1.82) is 0 Å². The van der Waals surface area contributed by atoms with Gasteiger partial charge in [-0.25, -0.2) is 4.39 Å². The molecule has 0 aliphatic carbocycles. The molecule has 2 heterocycles.